The van der Waals surface area contributed by atoms with Crippen molar-refractivity contribution in [3.63, 3.8) is 0 Å². The number of hydrogen-bond donors (Lipinski definition) is 6. The molecule has 0 aromatic heterocycles. The van der Waals surface area contributed by atoms with Crippen LogP contribution < -0.4 is 0 Å². The Morgan fingerprint density at radius 1 is 0.571 bits per heavy atom. The molecule has 0 saturated heterocycles. The molecule has 84 valence electrons. The van der Waals surface area contributed by atoms with Gasteiger partial charge in [0.2, 0.25) is 0 Å². The van der Waals surface area contributed by atoms with Gasteiger partial charge in [0.05, 0.1) is 12.2 Å². The highest BCUT2D eigenvalue weighted by molar-refractivity contribution is 4.97. The van der Waals surface area contributed by atoms with Gasteiger partial charge in [0.25, 0.3) is 0 Å². The van der Waals surface area contributed by atoms with Gasteiger partial charge in [-0.2, -0.15) is 0 Å². The third-order valence-corrected chi connectivity index (χ3v) is 2.90. The van der Waals surface area contributed by atoms with Gasteiger partial charge in [-0.15, -0.1) is 0 Å². The molecular formula is C8H16O6. The minimum absolute atomic E-state index is 0.465. The molecule has 6 heteroatoms. The molecule has 0 amide bonds. The standard InChI is InChI=1S/C8H16O6/c9-1-3-4(2-10)6(12)8(14)7(13)5(3)11/h3-14H,1-2H2/t3-,4+,5+,6-,7-,8+. The van der Waals surface area contributed by atoms with E-state index in [9.17, 15) is 20.4 Å². The Kier molecular flexibility index (Phi) is 3.82. The highest BCUT2D eigenvalue weighted by Gasteiger charge is 2.47. The molecule has 0 aromatic rings. The van der Waals surface area contributed by atoms with Crippen molar-refractivity contribution in [3.8, 4) is 0 Å². The van der Waals surface area contributed by atoms with Crippen molar-refractivity contribution in [2.24, 2.45) is 11.8 Å². The van der Waals surface area contributed by atoms with Crippen LogP contribution in [-0.4, -0.2) is 68.3 Å². The number of rotatable bonds is 2. The molecule has 0 unspecified atom stereocenters. The summed E-state index contributed by atoms with van der Waals surface area (Å²) in [5.74, 6) is -1.65. The zero-order chi connectivity index (χ0) is 10.9. The highest BCUT2D eigenvalue weighted by atomic mass is 16.4. The van der Waals surface area contributed by atoms with Crippen LogP contribution in [-0.2, 0) is 0 Å². The molecule has 6 atom stereocenters. The predicted molar refractivity (Wildman–Crippen MR) is 45.2 cm³/mol. The molecule has 14 heavy (non-hydrogen) atoms. The highest BCUT2D eigenvalue weighted by Crippen LogP contribution is 2.30. The van der Waals surface area contributed by atoms with E-state index in [4.69, 9.17) is 10.2 Å². The minimum atomic E-state index is -1.50. The Bertz CT molecular complexity index is 167. The fourth-order valence-corrected chi connectivity index (χ4v) is 1.90. The third kappa shape index (κ3) is 1.77. The summed E-state index contributed by atoms with van der Waals surface area (Å²) in [4.78, 5) is 0. The molecule has 0 radical (unpaired) electrons. The van der Waals surface area contributed by atoms with Crippen LogP contribution in [0.15, 0.2) is 0 Å². The zero-order valence-electron chi connectivity index (χ0n) is 7.56. The Balaban J connectivity index is 2.84. The maximum atomic E-state index is 9.43. The fraction of sp³-hybridized carbons (Fsp3) is 1.00. The molecule has 1 rings (SSSR count). The van der Waals surface area contributed by atoms with E-state index in [-0.39, 0.29) is 0 Å². The molecule has 0 spiro atoms. The van der Waals surface area contributed by atoms with Crippen LogP contribution in [0.1, 0.15) is 0 Å². The van der Waals surface area contributed by atoms with Gasteiger partial charge in [-0.05, 0) is 0 Å². The molecule has 1 aliphatic carbocycles. The van der Waals surface area contributed by atoms with E-state index in [1.165, 1.54) is 0 Å². The van der Waals surface area contributed by atoms with Crippen LogP contribution in [0.3, 0.4) is 0 Å². The van der Waals surface area contributed by atoms with E-state index in [1.54, 1.807) is 0 Å². The van der Waals surface area contributed by atoms with E-state index in [0.29, 0.717) is 0 Å². The predicted octanol–water partition coefficient (Wildman–Crippen LogP) is -3.34. The summed E-state index contributed by atoms with van der Waals surface area (Å²) in [6, 6.07) is 0. The Hall–Kier alpha value is -0.240. The largest absolute Gasteiger partial charge is 0.396 e. The van der Waals surface area contributed by atoms with Crippen LogP contribution in [0, 0.1) is 11.8 Å². The molecule has 1 saturated carbocycles. The molecule has 1 aliphatic rings. The van der Waals surface area contributed by atoms with Gasteiger partial charge in [-0.3, -0.25) is 0 Å². The van der Waals surface area contributed by atoms with Crippen molar-refractivity contribution < 1.29 is 30.6 Å². The van der Waals surface area contributed by atoms with Crippen LogP contribution in [0.2, 0.25) is 0 Å². The number of aliphatic hydroxyl groups excluding tert-OH is 6. The molecule has 0 aliphatic heterocycles. The van der Waals surface area contributed by atoms with Crippen LogP contribution in [0.25, 0.3) is 0 Å². The first kappa shape index (κ1) is 11.8. The quantitative estimate of drug-likeness (QED) is 0.282. The summed E-state index contributed by atoms with van der Waals surface area (Å²) in [6.45, 7) is -0.930. The van der Waals surface area contributed by atoms with E-state index >= 15 is 0 Å². The number of hydrogen-bond acceptors (Lipinski definition) is 6. The van der Waals surface area contributed by atoms with Crippen molar-refractivity contribution in [1.82, 2.24) is 0 Å². The average Bonchev–Trinajstić information content (AvgIpc) is 2.20. The maximum absolute atomic E-state index is 9.43. The Labute approximate surface area is 81.1 Å². The summed E-state index contributed by atoms with van der Waals surface area (Å²) in [6.07, 6.45) is -5.67. The van der Waals surface area contributed by atoms with E-state index in [0.717, 1.165) is 0 Å². The summed E-state index contributed by atoms with van der Waals surface area (Å²) >= 11 is 0. The van der Waals surface area contributed by atoms with Crippen molar-refractivity contribution in [1.29, 1.82) is 0 Å². The lowest BCUT2D eigenvalue weighted by atomic mass is 9.73. The van der Waals surface area contributed by atoms with Gasteiger partial charge in [-0.1, -0.05) is 0 Å². The second-order valence-corrected chi connectivity index (χ2v) is 3.66. The van der Waals surface area contributed by atoms with E-state index < -0.39 is 49.5 Å². The zero-order valence-corrected chi connectivity index (χ0v) is 7.56. The lowest BCUT2D eigenvalue weighted by Crippen LogP contribution is -2.60. The van der Waals surface area contributed by atoms with Crippen molar-refractivity contribution in [2.75, 3.05) is 13.2 Å². The monoisotopic (exact) mass is 208 g/mol. The van der Waals surface area contributed by atoms with Crippen LogP contribution >= 0.6 is 0 Å². The van der Waals surface area contributed by atoms with Gasteiger partial charge in [-0.25, -0.2) is 0 Å². The summed E-state index contributed by atoms with van der Waals surface area (Å²) in [5, 5.41) is 55.2. The second-order valence-electron chi connectivity index (χ2n) is 3.66. The SMILES string of the molecule is OC[C@@H]1[C@@H](O)[C@H](O)[C@H](O)[C@@H](O)[C@@H]1CO. The lowest BCUT2D eigenvalue weighted by Gasteiger charge is -2.42. The van der Waals surface area contributed by atoms with Crippen molar-refractivity contribution >= 4 is 0 Å². The summed E-state index contributed by atoms with van der Waals surface area (Å²) in [7, 11) is 0. The molecular weight excluding hydrogens is 192 g/mol. The Morgan fingerprint density at radius 2 is 0.857 bits per heavy atom. The second kappa shape index (κ2) is 4.52. The first-order chi connectivity index (χ1) is 6.54. The van der Waals surface area contributed by atoms with Gasteiger partial charge in [0, 0.05) is 25.0 Å². The molecule has 0 heterocycles. The van der Waals surface area contributed by atoms with Gasteiger partial charge in [0.15, 0.2) is 0 Å². The average molecular weight is 208 g/mol. The first-order valence-corrected chi connectivity index (χ1v) is 4.48. The van der Waals surface area contributed by atoms with Gasteiger partial charge >= 0.3 is 0 Å². The summed E-state index contributed by atoms with van der Waals surface area (Å²) in [5.41, 5.74) is 0. The van der Waals surface area contributed by atoms with Gasteiger partial charge in [0.1, 0.15) is 12.2 Å². The van der Waals surface area contributed by atoms with Crippen molar-refractivity contribution in [2.45, 2.75) is 24.4 Å². The molecule has 1 fully saturated rings. The van der Waals surface area contributed by atoms with E-state index in [2.05, 4.69) is 0 Å². The molecule has 6 N–H and O–H groups in total. The smallest absolute Gasteiger partial charge is 0.109 e. The first-order valence-electron chi connectivity index (χ1n) is 4.48. The normalized spacial score (nSPS) is 49.3. The minimum Gasteiger partial charge on any atom is -0.396 e. The summed E-state index contributed by atoms with van der Waals surface area (Å²) < 4.78 is 0. The van der Waals surface area contributed by atoms with Crippen LogP contribution in [0.4, 0.5) is 0 Å². The topological polar surface area (TPSA) is 121 Å². The number of aliphatic hydroxyl groups is 6. The van der Waals surface area contributed by atoms with Gasteiger partial charge < -0.3 is 30.6 Å². The maximum Gasteiger partial charge on any atom is 0.109 e. The fourth-order valence-electron chi connectivity index (χ4n) is 1.90. The van der Waals surface area contributed by atoms with Crippen LogP contribution in [0.5, 0.6) is 0 Å². The Morgan fingerprint density at radius 3 is 1.07 bits per heavy atom. The third-order valence-electron chi connectivity index (χ3n) is 2.90. The van der Waals surface area contributed by atoms with Crippen molar-refractivity contribution in [3.05, 3.63) is 0 Å². The molecule has 0 bridgehead atoms. The van der Waals surface area contributed by atoms with E-state index in [1.807, 2.05) is 0 Å². The lowest BCUT2D eigenvalue weighted by molar-refractivity contribution is -0.195. The molecule has 0 aromatic carbocycles. The molecule has 6 nitrogen and oxygen atoms in total.